The fraction of sp³-hybridized carbons (Fsp3) is 0.250. The van der Waals surface area contributed by atoms with Crippen LogP contribution >= 0.6 is 11.6 Å². The van der Waals surface area contributed by atoms with Gasteiger partial charge in [-0.05, 0) is 24.3 Å². The molecule has 1 aliphatic heterocycles. The summed E-state index contributed by atoms with van der Waals surface area (Å²) in [5.74, 6) is -0.753. The number of aromatic nitrogens is 2. The molecule has 2 aromatic heterocycles. The number of para-hydroxylation sites is 1. The van der Waals surface area contributed by atoms with Crippen molar-refractivity contribution in [2.45, 2.75) is 6.18 Å². The van der Waals surface area contributed by atoms with E-state index in [9.17, 15) is 22.8 Å². The molecule has 0 bridgehead atoms. The van der Waals surface area contributed by atoms with E-state index in [1.54, 1.807) is 24.3 Å². The van der Waals surface area contributed by atoms with E-state index in [2.05, 4.69) is 5.10 Å². The molecule has 4 rings (SSSR count). The van der Waals surface area contributed by atoms with Crippen LogP contribution in [0.5, 0.6) is 0 Å². The molecule has 3 aromatic rings. The van der Waals surface area contributed by atoms with Gasteiger partial charge in [0.1, 0.15) is 5.69 Å². The Morgan fingerprint density at radius 3 is 2.19 bits per heavy atom. The molecule has 7 nitrogen and oxygen atoms in total. The molecule has 3 heterocycles. The van der Waals surface area contributed by atoms with Crippen molar-refractivity contribution in [2.75, 3.05) is 26.2 Å². The van der Waals surface area contributed by atoms with E-state index in [1.165, 1.54) is 28.2 Å². The van der Waals surface area contributed by atoms with Crippen LogP contribution in [-0.4, -0.2) is 57.6 Å². The number of hydrogen-bond donors (Lipinski definition) is 0. The van der Waals surface area contributed by atoms with Gasteiger partial charge in [-0.25, -0.2) is 4.68 Å². The van der Waals surface area contributed by atoms with Crippen LogP contribution in [0.4, 0.5) is 13.2 Å². The number of furan rings is 1. The third-order valence-electron chi connectivity index (χ3n) is 4.89. The van der Waals surface area contributed by atoms with Crippen LogP contribution in [0.25, 0.3) is 5.69 Å². The summed E-state index contributed by atoms with van der Waals surface area (Å²) >= 11 is 6.13. The molecule has 1 saturated heterocycles. The van der Waals surface area contributed by atoms with E-state index in [0.717, 1.165) is 4.68 Å². The number of piperazine rings is 1. The quantitative estimate of drug-likeness (QED) is 0.607. The Morgan fingerprint density at radius 2 is 1.61 bits per heavy atom. The first-order chi connectivity index (χ1) is 14.8. The second-order valence-electron chi connectivity index (χ2n) is 6.84. The smallest absolute Gasteiger partial charge is 0.435 e. The van der Waals surface area contributed by atoms with E-state index >= 15 is 0 Å². The minimum absolute atomic E-state index is 0.153. The third-order valence-corrected chi connectivity index (χ3v) is 5.21. The minimum Gasteiger partial charge on any atom is -0.459 e. The molecule has 0 spiro atoms. The highest BCUT2D eigenvalue weighted by Gasteiger charge is 2.37. The van der Waals surface area contributed by atoms with Gasteiger partial charge < -0.3 is 14.2 Å². The van der Waals surface area contributed by atoms with Crippen molar-refractivity contribution in [3.63, 3.8) is 0 Å². The molecule has 0 N–H and O–H groups in total. The molecule has 0 unspecified atom stereocenters. The maximum absolute atomic E-state index is 13.3. The maximum atomic E-state index is 13.3. The number of halogens is 4. The Hall–Kier alpha value is -3.27. The summed E-state index contributed by atoms with van der Waals surface area (Å²) in [7, 11) is 0. The first kappa shape index (κ1) is 21.0. The summed E-state index contributed by atoms with van der Waals surface area (Å²) in [5, 5.41) is 3.74. The highest BCUT2D eigenvalue weighted by atomic mass is 35.5. The van der Waals surface area contributed by atoms with Gasteiger partial charge in [-0.3, -0.25) is 9.59 Å². The number of hydrogen-bond acceptors (Lipinski definition) is 4. The highest BCUT2D eigenvalue weighted by Crippen LogP contribution is 2.31. The van der Waals surface area contributed by atoms with Gasteiger partial charge in [0.05, 0.1) is 17.0 Å². The van der Waals surface area contributed by atoms with Crippen LogP contribution in [0.2, 0.25) is 5.02 Å². The van der Waals surface area contributed by atoms with E-state index in [4.69, 9.17) is 16.0 Å². The predicted molar refractivity (Wildman–Crippen MR) is 104 cm³/mol. The van der Waals surface area contributed by atoms with E-state index in [0.29, 0.717) is 6.07 Å². The lowest BCUT2D eigenvalue weighted by atomic mass is 10.2. The fourth-order valence-electron chi connectivity index (χ4n) is 3.31. The van der Waals surface area contributed by atoms with Gasteiger partial charge in [0.2, 0.25) is 0 Å². The molecule has 11 heteroatoms. The van der Waals surface area contributed by atoms with Gasteiger partial charge in [-0.2, -0.15) is 18.3 Å². The van der Waals surface area contributed by atoms with Gasteiger partial charge in [0.25, 0.3) is 11.8 Å². The van der Waals surface area contributed by atoms with Crippen LogP contribution in [0.3, 0.4) is 0 Å². The lowest BCUT2D eigenvalue weighted by Gasteiger charge is -2.34. The zero-order valence-electron chi connectivity index (χ0n) is 16.0. The number of benzene rings is 1. The van der Waals surface area contributed by atoms with Crippen LogP contribution in [-0.2, 0) is 6.18 Å². The zero-order valence-corrected chi connectivity index (χ0v) is 16.7. The first-order valence-electron chi connectivity index (χ1n) is 9.30. The number of amides is 2. The molecular formula is C20H16ClF3N4O3. The lowest BCUT2D eigenvalue weighted by Crippen LogP contribution is -2.50. The van der Waals surface area contributed by atoms with Gasteiger partial charge >= 0.3 is 6.18 Å². The third kappa shape index (κ3) is 4.15. The number of alkyl halides is 3. The molecule has 31 heavy (non-hydrogen) atoms. The summed E-state index contributed by atoms with van der Waals surface area (Å²) in [4.78, 5) is 28.4. The van der Waals surface area contributed by atoms with Crippen molar-refractivity contribution < 1.29 is 27.2 Å². The van der Waals surface area contributed by atoms with E-state index in [1.807, 2.05) is 0 Å². The van der Waals surface area contributed by atoms with Crippen molar-refractivity contribution >= 4 is 23.4 Å². The first-order valence-corrected chi connectivity index (χ1v) is 9.67. The monoisotopic (exact) mass is 452 g/mol. The SMILES string of the molecule is O=C(c1ccco1)N1CCN(C(=O)c2cc(C(F)(F)F)nn2-c2ccccc2Cl)CC1. The average Bonchev–Trinajstić information content (AvgIpc) is 3.43. The molecule has 1 aliphatic rings. The minimum atomic E-state index is -4.73. The van der Waals surface area contributed by atoms with Crippen molar-refractivity contribution in [3.05, 3.63) is 70.9 Å². The molecule has 0 aliphatic carbocycles. The van der Waals surface area contributed by atoms with Crippen molar-refractivity contribution in [1.82, 2.24) is 19.6 Å². The normalized spacial score (nSPS) is 14.7. The Labute approximate surface area is 179 Å². The Bertz CT molecular complexity index is 1100. The Morgan fingerprint density at radius 1 is 0.968 bits per heavy atom. The zero-order chi connectivity index (χ0) is 22.2. The van der Waals surface area contributed by atoms with Crippen LogP contribution in [0.15, 0.2) is 53.1 Å². The highest BCUT2D eigenvalue weighted by molar-refractivity contribution is 6.32. The van der Waals surface area contributed by atoms with Gasteiger partial charge in [0.15, 0.2) is 11.5 Å². The molecule has 162 valence electrons. The average molecular weight is 453 g/mol. The molecule has 1 fully saturated rings. The number of carbonyl (C=O) groups is 2. The summed E-state index contributed by atoms with van der Waals surface area (Å²) in [6.07, 6.45) is -3.34. The Balaban J connectivity index is 1.58. The van der Waals surface area contributed by atoms with Crippen LogP contribution in [0, 0.1) is 0 Å². The summed E-state index contributed by atoms with van der Waals surface area (Å²) in [6, 6.07) is 10.0. The molecule has 0 radical (unpaired) electrons. The largest absolute Gasteiger partial charge is 0.459 e. The Kier molecular flexibility index (Phi) is 5.48. The van der Waals surface area contributed by atoms with Crippen molar-refractivity contribution in [1.29, 1.82) is 0 Å². The maximum Gasteiger partial charge on any atom is 0.435 e. The van der Waals surface area contributed by atoms with Crippen LogP contribution < -0.4 is 0 Å². The standard InChI is InChI=1S/C20H16ClF3N4O3/c21-13-4-1-2-5-14(13)28-15(12-17(25-28)20(22,23)24)18(29)26-7-9-27(10-8-26)19(30)16-6-3-11-31-16/h1-6,11-12H,7-10H2. The van der Waals surface area contributed by atoms with Crippen molar-refractivity contribution in [2.24, 2.45) is 0 Å². The van der Waals surface area contributed by atoms with E-state index < -0.39 is 17.8 Å². The molecule has 0 atom stereocenters. The summed E-state index contributed by atoms with van der Waals surface area (Å²) in [5.41, 5.74) is -1.29. The lowest BCUT2D eigenvalue weighted by molar-refractivity contribution is -0.141. The predicted octanol–water partition coefficient (Wildman–Crippen LogP) is 3.74. The second kappa shape index (κ2) is 8.10. The topological polar surface area (TPSA) is 71.6 Å². The van der Waals surface area contributed by atoms with Gasteiger partial charge in [0, 0.05) is 32.2 Å². The van der Waals surface area contributed by atoms with Gasteiger partial charge in [-0.1, -0.05) is 23.7 Å². The van der Waals surface area contributed by atoms with Gasteiger partial charge in [-0.15, -0.1) is 0 Å². The van der Waals surface area contributed by atoms with Crippen LogP contribution in [0.1, 0.15) is 26.7 Å². The molecular weight excluding hydrogens is 437 g/mol. The number of rotatable bonds is 3. The van der Waals surface area contributed by atoms with E-state index in [-0.39, 0.29) is 54.3 Å². The molecule has 1 aromatic carbocycles. The molecule has 0 saturated carbocycles. The summed E-state index contributed by atoms with van der Waals surface area (Å²) in [6.45, 7) is 0.746. The van der Waals surface area contributed by atoms with Crippen molar-refractivity contribution in [3.8, 4) is 5.69 Å². The molecule has 2 amide bonds. The number of nitrogens with zero attached hydrogens (tertiary/aromatic N) is 4. The fourth-order valence-corrected chi connectivity index (χ4v) is 3.53. The second-order valence-corrected chi connectivity index (χ2v) is 7.24. The summed E-state index contributed by atoms with van der Waals surface area (Å²) < 4.78 is 45.9. The number of carbonyl (C=O) groups excluding carboxylic acids is 2.